The van der Waals surface area contributed by atoms with Gasteiger partial charge >= 0.3 is 0 Å². The van der Waals surface area contributed by atoms with E-state index in [1.54, 1.807) is 31.5 Å². The minimum atomic E-state index is -0.267. The first-order valence-corrected chi connectivity index (χ1v) is 7.75. The summed E-state index contributed by atoms with van der Waals surface area (Å²) in [4.78, 5) is 21.6. The Kier molecular flexibility index (Phi) is 3.70. The average molecular weight is 330 g/mol. The molecule has 0 aliphatic carbocycles. The number of pyridine rings is 2. The summed E-state index contributed by atoms with van der Waals surface area (Å²) in [6.45, 7) is 1.77. The molecule has 0 atom stereocenters. The van der Waals surface area contributed by atoms with Crippen LogP contribution < -0.4 is 5.32 Å². The first-order valence-electron chi connectivity index (χ1n) is 7.75. The molecule has 3 heterocycles. The molecule has 25 heavy (non-hydrogen) atoms. The van der Waals surface area contributed by atoms with E-state index in [1.807, 2.05) is 36.4 Å². The lowest BCUT2D eigenvalue weighted by atomic mass is 10.0. The number of carbonyl (C=O) groups is 1. The molecular formula is C19H14N4O2. The Morgan fingerprint density at radius 2 is 2.00 bits per heavy atom. The first-order chi connectivity index (χ1) is 12.2. The van der Waals surface area contributed by atoms with Gasteiger partial charge in [-0.05, 0) is 31.2 Å². The number of nitrogens with zero attached hydrogens (tertiary/aromatic N) is 3. The van der Waals surface area contributed by atoms with E-state index in [4.69, 9.17) is 4.52 Å². The van der Waals surface area contributed by atoms with Crippen LogP contribution >= 0.6 is 0 Å². The van der Waals surface area contributed by atoms with E-state index in [1.165, 1.54) is 0 Å². The van der Waals surface area contributed by atoms with Gasteiger partial charge in [-0.2, -0.15) is 0 Å². The van der Waals surface area contributed by atoms with Gasteiger partial charge in [-0.25, -0.2) is 4.98 Å². The van der Waals surface area contributed by atoms with Crippen molar-refractivity contribution >= 4 is 22.6 Å². The SMILES string of the molecule is Cc1cc(NC(=O)c2cc(-c3cccnc3)nc3ccccc23)no1. The molecule has 122 valence electrons. The highest BCUT2D eigenvalue weighted by Crippen LogP contribution is 2.25. The van der Waals surface area contributed by atoms with E-state index >= 15 is 0 Å². The highest BCUT2D eigenvalue weighted by Gasteiger charge is 2.15. The number of hydrogen-bond donors (Lipinski definition) is 1. The number of anilines is 1. The third-order valence-corrected chi connectivity index (χ3v) is 3.79. The zero-order chi connectivity index (χ0) is 17.2. The number of aromatic nitrogens is 3. The fraction of sp³-hybridized carbons (Fsp3) is 0.0526. The number of para-hydroxylation sites is 1. The molecule has 4 aromatic rings. The minimum absolute atomic E-state index is 0.267. The summed E-state index contributed by atoms with van der Waals surface area (Å²) >= 11 is 0. The molecule has 0 saturated carbocycles. The van der Waals surface area contributed by atoms with Crippen molar-refractivity contribution in [3.05, 3.63) is 72.2 Å². The van der Waals surface area contributed by atoms with Crippen molar-refractivity contribution in [2.75, 3.05) is 5.32 Å². The Morgan fingerprint density at radius 3 is 2.76 bits per heavy atom. The minimum Gasteiger partial charge on any atom is -0.360 e. The summed E-state index contributed by atoms with van der Waals surface area (Å²) in [6.07, 6.45) is 3.42. The monoisotopic (exact) mass is 330 g/mol. The molecule has 1 aromatic carbocycles. The molecule has 0 aliphatic rings. The van der Waals surface area contributed by atoms with E-state index in [2.05, 4.69) is 20.4 Å². The van der Waals surface area contributed by atoms with Crippen LogP contribution in [-0.2, 0) is 0 Å². The highest BCUT2D eigenvalue weighted by molar-refractivity contribution is 6.12. The number of nitrogens with one attached hydrogen (secondary N) is 1. The van der Waals surface area contributed by atoms with Crippen LogP contribution in [0, 0.1) is 6.92 Å². The van der Waals surface area contributed by atoms with E-state index in [9.17, 15) is 4.79 Å². The summed E-state index contributed by atoms with van der Waals surface area (Å²) < 4.78 is 5.00. The molecule has 0 spiro atoms. The maximum absolute atomic E-state index is 12.8. The zero-order valence-electron chi connectivity index (χ0n) is 13.4. The molecule has 0 saturated heterocycles. The Balaban J connectivity index is 1.82. The first kappa shape index (κ1) is 15.0. The van der Waals surface area contributed by atoms with Gasteiger partial charge in [0.25, 0.3) is 5.91 Å². The molecule has 0 bridgehead atoms. The number of aryl methyl sites for hydroxylation is 1. The summed E-state index contributed by atoms with van der Waals surface area (Å²) in [6, 6.07) is 14.7. The number of rotatable bonds is 3. The molecule has 3 aromatic heterocycles. The summed E-state index contributed by atoms with van der Waals surface area (Å²) in [7, 11) is 0. The quantitative estimate of drug-likeness (QED) is 0.617. The second-order valence-corrected chi connectivity index (χ2v) is 5.59. The second kappa shape index (κ2) is 6.16. The van der Waals surface area contributed by atoms with Crippen LogP contribution in [0.3, 0.4) is 0 Å². The van der Waals surface area contributed by atoms with Crippen molar-refractivity contribution in [1.29, 1.82) is 0 Å². The van der Waals surface area contributed by atoms with E-state index in [-0.39, 0.29) is 5.91 Å². The van der Waals surface area contributed by atoms with Crippen molar-refractivity contribution in [3.8, 4) is 11.3 Å². The van der Waals surface area contributed by atoms with E-state index < -0.39 is 0 Å². The third-order valence-electron chi connectivity index (χ3n) is 3.79. The molecule has 6 heteroatoms. The van der Waals surface area contributed by atoms with Crippen molar-refractivity contribution < 1.29 is 9.32 Å². The Morgan fingerprint density at radius 1 is 1.12 bits per heavy atom. The predicted octanol–water partition coefficient (Wildman–Crippen LogP) is 3.85. The largest absolute Gasteiger partial charge is 0.360 e. The molecular weight excluding hydrogens is 316 g/mol. The average Bonchev–Trinajstić information content (AvgIpc) is 3.06. The molecule has 1 amide bonds. The van der Waals surface area contributed by atoms with Gasteiger partial charge in [0.2, 0.25) is 0 Å². The lowest BCUT2D eigenvalue weighted by Crippen LogP contribution is -2.13. The van der Waals surface area contributed by atoms with Gasteiger partial charge in [0.15, 0.2) is 5.82 Å². The summed E-state index contributed by atoms with van der Waals surface area (Å²) in [5.74, 6) is 0.745. The number of hydrogen-bond acceptors (Lipinski definition) is 5. The number of amides is 1. The lowest BCUT2D eigenvalue weighted by Gasteiger charge is -2.09. The topological polar surface area (TPSA) is 80.9 Å². The number of benzene rings is 1. The molecule has 4 rings (SSSR count). The number of fused-ring (bicyclic) bond motifs is 1. The normalized spacial score (nSPS) is 10.8. The Bertz CT molecular complexity index is 1060. The van der Waals surface area contributed by atoms with Crippen LogP contribution in [0.5, 0.6) is 0 Å². The Labute approximate surface area is 143 Å². The van der Waals surface area contributed by atoms with Gasteiger partial charge in [-0.1, -0.05) is 23.4 Å². The van der Waals surface area contributed by atoms with Crippen LogP contribution in [0.2, 0.25) is 0 Å². The second-order valence-electron chi connectivity index (χ2n) is 5.59. The van der Waals surface area contributed by atoms with Gasteiger partial charge in [0.05, 0.1) is 16.8 Å². The van der Waals surface area contributed by atoms with Gasteiger partial charge in [-0.15, -0.1) is 0 Å². The van der Waals surface area contributed by atoms with E-state index in [0.29, 0.717) is 22.8 Å². The fourth-order valence-corrected chi connectivity index (χ4v) is 2.63. The predicted molar refractivity (Wildman–Crippen MR) is 94.2 cm³/mol. The smallest absolute Gasteiger partial charge is 0.257 e. The standard InChI is InChI=1S/C19H14N4O2/c1-12-9-18(23-25-12)22-19(24)15-10-17(13-5-4-8-20-11-13)21-16-7-3-2-6-14(15)16/h2-11H,1H3,(H,22,23,24). The maximum atomic E-state index is 12.8. The van der Waals surface area contributed by atoms with Gasteiger partial charge < -0.3 is 9.84 Å². The summed E-state index contributed by atoms with van der Waals surface area (Å²) in [5, 5.41) is 7.34. The zero-order valence-corrected chi connectivity index (χ0v) is 13.4. The molecule has 0 aliphatic heterocycles. The van der Waals surface area contributed by atoms with Gasteiger partial charge in [0.1, 0.15) is 5.76 Å². The van der Waals surface area contributed by atoms with Crippen molar-refractivity contribution in [2.24, 2.45) is 0 Å². The third kappa shape index (κ3) is 2.97. The maximum Gasteiger partial charge on any atom is 0.257 e. The summed E-state index contributed by atoms with van der Waals surface area (Å²) in [5.41, 5.74) is 2.79. The highest BCUT2D eigenvalue weighted by atomic mass is 16.5. The molecule has 0 radical (unpaired) electrons. The molecule has 0 fully saturated rings. The van der Waals surface area contributed by atoms with Crippen LogP contribution in [0.4, 0.5) is 5.82 Å². The van der Waals surface area contributed by atoms with Crippen LogP contribution in [-0.4, -0.2) is 21.0 Å². The van der Waals surface area contributed by atoms with Crippen molar-refractivity contribution in [1.82, 2.24) is 15.1 Å². The molecule has 0 unspecified atom stereocenters. The van der Waals surface area contributed by atoms with E-state index in [0.717, 1.165) is 16.5 Å². The molecule has 6 nitrogen and oxygen atoms in total. The fourth-order valence-electron chi connectivity index (χ4n) is 2.63. The Hall–Kier alpha value is -3.54. The van der Waals surface area contributed by atoms with Crippen molar-refractivity contribution in [3.63, 3.8) is 0 Å². The number of carbonyl (C=O) groups excluding carboxylic acids is 1. The van der Waals surface area contributed by atoms with Crippen LogP contribution in [0.25, 0.3) is 22.2 Å². The molecule has 1 N–H and O–H groups in total. The lowest BCUT2D eigenvalue weighted by molar-refractivity contribution is 0.102. The van der Waals surface area contributed by atoms with Crippen LogP contribution in [0.15, 0.2) is 65.4 Å². The van der Waals surface area contributed by atoms with Crippen LogP contribution in [0.1, 0.15) is 16.1 Å². The van der Waals surface area contributed by atoms with Crippen molar-refractivity contribution in [2.45, 2.75) is 6.92 Å². The van der Waals surface area contributed by atoms with Gasteiger partial charge in [0, 0.05) is 29.4 Å². The van der Waals surface area contributed by atoms with Gasteiger partial charge in [-0.3, -0.25) is 9.78 Å².